The van der Waals surface area contributed by atoms with E-state index in [4.69, 9.17) is 10.2 Å². The van der Waals surface area contributed by atoms with Gasteiger partial charge < -0.3 is 10.2 Å². The van der Waals surface area contributed by atoms with Crippen molar-refractivity contribution in [2.24, 2.45) is 5.92 Å². The van der Waals surface area contributed by atoms with Crippen LogP contribution in [0.15, 0.2) is 0 Å². The maximum absolute atomic E-state index is 11.1. The summed E-state index contributed by atoms with van der Waals surface area (Å²) in [5.41, 5.74) is 0. The van der Waals surface area contributed by atoms with Gasteiger partial charge in [0.15, 0.2) is 5.78 Å². The first kappa shape index (κ1) is 9.50. The van der Waals surface area contributed by atoms with Crippen LogP contribution < -0.4 is 0 Å². The lowest BCUT2D eigenvalue weighted by atomic mass is 10.0. The first-order valence-electron chi connectivity index (χ1n) is 3.70. The molecule has 0 aromatic heterocycles. The van der Waals surface area contributed by atoms with E-state index in [0.29, 0.717) is 0 Å². The van der Waals surface area contributed by atoms with Crippen molar-refractivity contribution in [2.45, 2.75) is 13.0 Å². The largest absolute Gasteiger partial charge is 0.481 e. The minimum Gasteiger partial charge on any atom is -0.481 e. The summed E-state index contributed by atoms with van der Waals surface area (Å²) in [4.78, 5) is 32.9. The molecule has 1 rings (SSSR count). The molecule has 2 N–H and O–H groups in total. The Hall–Kier alpha value is -1.59. The fourth-order valence-electron chi connectivity index (χ4n) is 1.45. The van der Waals surface area contributed by atoms with E-state index in [1.165, 1.54) is 6.92 Å². The molecule has 0 radical (unpaired) electrons. The van der Waals surface area contributed by atoms with Crippen molar-refractivity contribution < 1.29 is 24.6 Å². The van der Waals surface area contributed by atoms with Crippen molar-refractivity contribution in [3.8, 4) is 0 Å². The smallest absolute Gasteiger partial charge is 0.407 e. The standard InChI is InChI=1S/C7H9NO5/c1-3-5(6(10)11)4(9)2-8(3)7(12)13/h3,5H,2H2,1H3,(H,10,11)(H,12,13)/t3-,5?/m1/s1. The van der Waals surface area contributed by atoms with E-state index in [1.54, 1.807) is 0 Å². The van der Waals surface area contributed by atoms with Gasteiger partial charge in [0.2, 0.25) is 0 Å². The molecule has 2 atom stereocenters. The Labute approximate surface area is 73.8 Å². The first-order chi connectivity index (χ1) is 5.95. The highest BCUT2D eigenvalue weighted by Gasteiger charge is 2.44. The van der Waals surface area contributed by atoms with Crippen LogP contribution in [0.25, 0.3) is 0 Å². The fraction of sp³-hybridized carbons (Fsp3) is 0.571. The number of carboxylic acid groups (broad SMARTS) is 2. The third-order valence-electron chi connectivity index (χ3n) is 2.16. The zero-order valence-corrected chi connectivity index (χ0v) is 6.93. The van der Waals surface area contributed by atoms with Gasteiger partial charge in [0.1, 0.15) is 5.92 Å². The first-order valence-corrected chi connectivity index (χ1v) is 3.70. The molecule has 6 heteroatoms. The lowest BCUT2D eigenvalue weighted by Crippen LogP contribution is -2.36. The molecule has 1 saturated heterocycles. The van der Waals surface area contributed by atoms with Crippen LogP contribution in [0, 0.1) is 5.92 Å². The van der Waals surface area contributed by atoms with Gasteiger partial charge in [-0.3, -0.25) is 14.5 Å². The molecule has 1 heterocycles. The molecule has 0 aromatic rings. The van der Waals surface area contributed by atoms with Crippen molar-refractivity contribution in [1.29, 1.82) is 0 Å². The molecule has 0 spiro atoms. The zero-order valence-electron chi connectivity index (χ0n) is 6.93. The van der Waals surface area contributed by atoms with Crippen molar-refractivity contribution >= 4 is 17.8 Å². The summed E-state index contributed by atoms with van der Waals surface area (Å²) in [6, 6.07) is -0.775. The molecular formula is C7H9NO5. The van der Waals surface area contributed by atoms with E-state index in [-0.39, 0.29) is 6.54 Å². The number of amides is 1. The number of aliphatic carboxylic acids is 1. The van der Waals surface area contributed by atoms with Gasteiger partial charge in [-0.1, -0.05) is 0 Å². The molecule has 6 nitrogen and oxygen atoms in total. The maximum Gasteiger partial charge on any atom is 0.407 e. The lowest BCUT2D eigenvalue weighted by Gasteiger charge is -2.17. The van der Waals surface area contributed by atoms with Crippen LogP contribution in [0.4, 0.5) is 4.79 Å². The quantitative estimate of drug-likeness (QED) is 0.546. The molecule has 0 bridgehead atoms. The normalized spacial score (nSPS) is 27.8. The molecule has 0 saturated carbocycles. The molecular weight excluding hydrogens is 178 g/mol. The molecule has 0 aliphatic carbocycles. The second kappa shape index (κ2) is 3.04. The Bertz CT molecular complexity index is 274. The summed E-state index contributed by atoms with van der Waals surface area (Å²) in [7, 11) is 0. The predicted octanol–water partition coefficient (Wildman–Crippen LogP) is -0.362. The van der Waals surface area contributed by atoms with Gasteiger partial charge in [-0.25, -0.2) is 4.79 Å². The van der Waals surface area contributed by atoms with E-state index in [1.807, 2.05) is 0 Å². The van der Waals surface area contributed by atoms with Gasteiger partial charge in [0, 0.05) is 0 Å². The van der Waals surface area contributed by atoms with Gasteiger partial charge >= 0.3 is 12.1 Å². The average Bonchev–Trinajstić information content (AvgIpc) is 2.26. The third kappa shape index (κ3) is 1.47. The minimum absolute atomic E-state index is 0.326. The molecule has 1 unspecified atom stereocenters. The van der Waals surface area contributed by atoms with Crippen LogP contribution in [-0.2, 0) is 9.59 Å². The van der Waals surface area contributed by atoms with E-state index in [9.17, 15) is 14.4 Å². The number of rotatable bonds is 1. The van der Waals surface area contributed by atoms with Gasteiger partial charge in [-0.15, -0.1) is 0 Å². The number of ketones is 1. The molecule has 72 valence electrons. The highest BCUT2D eigenvalue weighted by atomic mass is 16.4. The summed E-state index contributed by atoms with van der Waals surface area (Å²) in [6.45, 7) is 1.09. The Kier molecular flexibility index (Phi) is 2.22. The molecule has 1 amide bonds. The molecule has 13 heavy (non-hydrogen) atoms. The van der Waals surface area contributed by atoms with Crippen LogP contribution in [0.3, 0.4) is 0 Å². The van der Waals surface area contributed by atoms with E-state index >= 15 is 0 Å². The maximum atomic E-state index is 11.1. The van der Waals surface area contributed by atoms with Crippen LogP contribution in [0.1, 0.15) is 6.92 Å². The van der Waals surface area contributed by atoms with Gasteiger partial charge in [0.25, 0.3) is 0 Å². The van der Waals surface area contributed by atoms with Gasteiger partial charge in [0.05, 0.1) is 12.6 Å². The highest BCUT2D eigenvalue weighted by molar-refractivity contribution is 6.03. The molecule has 1 fully saturated rings. The minimum atomic E-state index is -1.26. The Morgan fingerprint density at radius 3 is 2.23 bits per heavy atom. The number of hydrogen-bond donors (Lipinski definition) is 2. The number of carboxylic acids is 1. The summed E-state index contributed by atoms with van der Waals surface area (Å²) >= 11 is 0. The monoisotopic (exact) mass is 187 g/mol. The second-order valence-electron chi connectivity index (χ2n) is 2.93. The lowest BCUT2D eigenvalue weighted by molar-refractivity contribution is -0.145. The van der Waals surface area contributed by atoms with Crippen LogP contribution in [0.2, 0.25) is 0 Å². The number of carbonyl (C=O) groups excluding carboxylic acids is 1. The third-order valence-corrected chi connectivity index (χ3v) is 2.16. The second-order valence-corrected chi connectivity index (χ2v) is 2.93. The Balaban J connectivity index is 2.87. The summed E-state index contributed by atoms with van der Waals surface area (Å²) in [5, 5.41) is 17.2. The van der Waals surface area contributed by atoms with Crippen LogP contribution >= 0.6 is 0 Å². The highest BCUT2D eigenvalue weighted by Crippen LogP contribution is 2.21. The van der Waals surface area contributed by atoms with Crippen LogP contribution in [-0.4, -0.2) is 45.5 Å². The van der Waals surface area contributed by atoms with Crippen molar-refractivity contribution in [3.05, 3.63) is 0 Å². The predicted molar refractivity (Wildman–Crippen MR) is 40.3 cm³/mol. The number of carbonyl (C=O) groups is 3. The Morgan fingerprint density at radius 1 is 1.46 bits per heavy atom. The summed E-state index contributed by atoms with van der Waals surface area (Å²) in [6.07, 6.45) is -1.26. The Morgan fingerprint density at radius 2 is 2.00 bits per heavy atom. The van der Waals surface area contributed by atoms with Gasteiger partial charge in [-0.2, -0.15) is 0 Å². The van der Waals surface area contributed by atoms with Crippen molar-refractivity contribution in [1.82, 2.24) is 4.90 Å². The number of likely N-dealkylation sites (tertiary alicyclic amines) is 1. The van der Waals surface area contributed by atoms with Crippen LogP contribution in [0.5, 0.6) is 0 Å². The SMILES string of the molecule is C[C@@H]1C(C(=O)O)C(=O)CN1C(=O)O. The summed E-state index contributed by atoms with van der Waals surface area (Å²) < 4.78 is 0. The zero-order chi connectivity index (χ0) is 10.2. The number of nitrogens with zero attached hydrogens (tertiary/aromatic N) is 1. The van der Waals surface area contributed by atoms with Gasteiger partial charge in [-0.05, 0) is 6.92 Å². The van der Waals surface area contributed by atoms with Crippen molar-refractivity contribution in [3.63, 3.8) is 0 Å². The topological polar surface area (TPSA) is 94.9 Å². The van der Waals surface area contributed by atoms with E-state index in [0.717, 1.165) is 4.90 Å². The molecule has 1 aliphatic rings. The molecule has 0 aromatic carbocycles. The fourth-order valence-corrected chi connectivity index (χ4v) is 1.45. The number of hydrogen-bond acceptors (Lipinski definition) is 3. The van der Waals surface area contributed by atoms with E-state index in [2.05, 4.69) is 0 Å². The van der Waals surface area contributed by atoms with Crippen molar-refractivity contribution in [2.75, 3.05) is 6.54 Å². The molecule has 1 aliphatic heterocycles. The summed E-state index contributed by atoms with van der Waals surface area (Å²) in [5.74, 6) is -3.03. The van der Waals surface area contributed by atoms with E-state index < -0.39 is 29.8 Å². The number of Topliss-reactive ketones (excluding diaryl/α,β-unsaturated/α-hetero) is 1. The average molecular weight is 187 g/mol.